The van der Waals surface area contributed by atoms with Crippen molar-refractivity contribution in [2.24, 2.45) is 0 Å². The van der Waals surface area contributed by atoms with Crippen LogP contribution in [0.4, 0.5) is 5.69 Å². The van der Waals surface area contributed by atoms with Gasteiger partial charge >= 0.3 is 0 Å². The van der Waals surface area contributed by atoms with Crippen molar-refractivity contribution in [1.29, 1.82) is 0 Å². The van der Waals surface area contributed by atoms with Crippen molar-refractivity contribution in [1.82, 2.24) is 20.5 Å². The van der Waals surface area contributed by atoms with Gasteiger partial charge in [0, 0.05) is 30.6 Å². The van der Waals surface area contributed by atoms with Gasteiger partial charge in [0.25, 0.3) is 0 Å². The minimum Gasteiger partial charge on any atom is -0.508 e. The van der Waals surface area contributed by atoms with E-state index in [0.29, 0.717) is 0 Å². The van der Waals surface area contributed by atoms with Crippen LogP contribution in [0.2, 0.25) is 0 Å². The molecule has 0 atom stereocenters. The highest BCUT2D eigenvalue weighted by atomic mass is 16.3. The van der Waals surface area contributed by atoms with E-state index < -0.39 is 0 Å². The second-order valence-electron chi connectivity index (χ2n) is 5.80. The summed E-state index contributed by atoms with van der Waals surface area (Å²) in [5.74, 6) is 0.261. The van der Waals surface area contributed by atoms with Crippen molar-refractivity contribution < 1.29 is 5.11 Å². The number of fused-ring (bicyclic) bond motifs is 1. The summed E-state index contributed by atoms with van der Waals surface area (Å²) in [5.41, 5.74) is 3.81. The average Bonchev–Trinajstić information content (AvgIpc) is 2.86. The molecule has 1 saturated heterocycles. The Bertz CT molecular complexity index is 803. The van der Waals surface area contributed by atoms with Gasteiger partial charge < -0.3 is 15.3 Å². The Hall–Kier alpha value is -2.60. The molecule has 0 amide bonds. The van der Waals surface area contributed by atoms with Gasteiger partial charge in [0.1, 0.15) is 5.75 Å². The molecule has 3 aromatic rings. The molecule has 0 radical (unpaired) electrons. The molecule has 3 heterocycles. The lowest BCUT2D eigenvalue weighted by Gasteiger charge is -2.24. The summed E-state index contributed by atoms with van der Waals surface area (Å²) in [6, 6.07) is 9.35. The molecule has 1 aliphatic rings. The minimum atomic E-state index is 0.261. The number of aromatic hydroxyl groups is 1. The first-order valence-corrected chi connectivity index (χ1v) is 7.90. The van der Waals surface area contributed by atoms with Crippen LogP contribution in [0, 0.1) is 0 Å². The molecular formula is C17H19N5O. The van der Waals surface area contributed by atoms with Crippen molar-refractivity contribution in [2.45, 2.75) is 6.42 Å². The van der Waals surface area contributed by atoms with Crippen LogP contribution in [0.1, 0.15) is 6.42 Å². The Morgan fingerprint density at radius 1 is 1.09 bits per heavy atom. The number of phenols is 1. The average molecular weight is 309 g/mol. The summed E-state index contributed by atoms with van der Waals surface area (Å²) in [7, 11) is 0. The molecule has 0 unspecified atom stereocenters. The van der Waals surface area contributed by atoms with Crippen LogP contribution in [0.25, 0.3) is 22.3 Å². The fourth-order valence-corrected chi connectivity index (χ4v) is 3.03. The van der Waals surface area contributed by atoms with Crippen LogP contribution < -0.4 is 10.2 Å². The molecule has 1 aromatic carbocycles. The predicted molar refractivity (Wildman–Crippen MR) is 90.7 cm³/mol. The molecule has 0 spiro atoms. The van der Waals surface area contributed by atoms with Gasteiger partial charge in [0.15, 0.2) is 5.65 Å². The molecule has 0 saturated carbocycles. The molecule has 2 aromatic heterocycles. The number of aromatic amines is 1. The Kier molecular flexibility index (Phi) is 3.59. The monoisotopic (exact) mass is 309 g/mol. The molecule has 6 nitrogen and oxygen atoms in total. The molecule has 1 aliphatic heterocycles. The summed E-state index contributed by atoms with van der Waals surface area (Å²) in [4.78, 5) is 7.16. The van der Waals surface area contributed by atoms with Gasteiger partial charge in [0.05, 0.1) is 17.6 Å². The number of benzene rings is 1. The fraction of sp³-hybridized carbons (Fsp3) is 0.294. The number of rotatable bonds is 2. The van der Waals surface area contributed by atoms with Crippen molar-refractivity contribution in [3.63, 3.8) is 0 Å². The molecule has 1 fully saturated rings. The van der Waals surface area contributed by atoms with E-state index in [-0.39, 0.29) is 5.75 Å². The normalized spacial score (nSPS) is 15.7. The Labute approximate surface area is 134 Å². The Morgan fingerprint density at radius 3 is 2.83 bits per heavy atom. The second kappa shape index (κ2) is 5.89. The van der Waals surface area contributed by atoms with Gasteiger partial charge in [-0.3, -0.25) is 5.10 Å². The van der Waals surface area contributed by atoms with Crippen LogP contribution in [0.3, 0.4) is 0 Å². The Balaban J connectivity index is 1.85. The molecule has 3 N–H and O–H groups in total. The van der Waals surface area contributed by atoms with E-state index in [1.807, 2.05) is 18.3 Å². The maximum atomic E-state index is 9.54. The van der Waals surface area contributed by atoms with E-state index >= 15 is 0 Å². The van der Waals surface area contributed by atoms with Crippen molar-refractivity contribution in [3.05, 3.63) is 36.5 Å². The smallest absolute Gasteiger partial charge is 0.155 e. The van der Waals surface area contributed by atoms with Gasteiger partial charge in [-0.05, 0) is 43.3 Å². The van der Waals surface area contributed by atoms with E-state index in [2.05, 4.69) is 26.5 Å². The highest BCUT2D eigenvalue weighted by Crippen LogP contribution is 2.32. The lowest BCUT2D eigenvalue weighted by Crippen LogP contribution is -2.28. The van der Waals surface area contributed by atoms with Crippen LogP contribution in [0.15, 0.2) is 36.5 Å². The first-order chi connectivity index (χ1) is 11.3. The summed E-state index contributed by atoms with van der Waals surface area (Å²) >= 11 is 0. The summed E-state index contributed by atoms with van der Waals surface area (Å²) in [6.07, 6.45) is 2.92. The maximum Gasteiger partial charge on any atom is 0.155 e. The summed E-state index contributed by atoms with van der Waals surface area (Å²) in [6.45, 7) is 3.98. The third-order valence-corrected chi connectivity index (χ3v) is 4.23. The number of aromatic nitrogens is 3. The highest BCUT2D eigenvalue weighted by molar-refractivity contribution is 5.87. The summed E-state index contributed by atoms with van der Waals surface area (Å²) < 4.78 is 0. The first-order valence-electron chi connectivity index (χ1n) is 7.90. The van der Waals surface area contributed by atoms with Crippen LogP contribution in [0.5, 0.6) is 5.75 Å². The molecular weight excluding hydrogens is 290 g/mol. The quantitative estimate of drug-likeness (QED) is 0.676. The SMILES string of the molecule is Oc1ccc(-c2nc3[nH]ncc3cc2N2CCCNCC2)cc1. The van der Waals surface area contributed by atoms with Gasteiger partial charge in [0.2, 0.25) is 0 Å². The number of H-pyrrole nitrogens is 1. The number of phenolic OH excluding ortho intramolecular Hbond substituents is 1. The molecule has 0 bridgehead atoms. The minimum absolute atomic E-state index is 0.261. The zero-order valence-corrected chi connectivity index (χ0v) is 12.8. The topological polar surface area (TPSA) is 77.1 Å². The van der Waals surface area contributed by atoms with Crippen molar-refractivity contribution in [2.75, 3.05) is 31.1 Å². The van der Waals surface area contributed by atoms with Crippen molar-refractivity contribution in [3.8, 4) is 17.0 Å². The van der Waals surface area contributed by atoms with Crippen LogP contribution >= 0.6 is 0 Å². The number of hydrogen-bond acceptors (Lipinski definition) is 5. The Morgan fingerprint density at radius 2 is 1.96 bits per heavy atom. The molecule has 118 valence electrons. The summed E-state index contributed by atoms with van der Waals surface area (Å²) in [5, 5.41) is 21.0. The molecule has 6 heteroatoms. The van der Waals surface area contributed by atoms with Crippen LogP contribution in [-0.4, -0.2) is 46.5 Å². The zero-order chi connectivity index (χ0) is 15.6. The lowest BCUT2D eigenvalue weighted by atomic mass is 10.1. The predicted octanol–water partition coefficient (Wildman–Crippen LogP) is 2.13. The highest BCUT2D eigenvalue weighted by Gasteiger charge is 2.17. The molecule has 23 heavy (non-hydrogen) atoms. The maximum absolute atomic E-state index is 9.54. The fourth-order valence-electron chi connectivity index (χ4n) is 3.03. The molecule has 0 aliphatic carbocycles. The largest absolute Gasteiger partial charge is 0.508 e. The van der Waals surface area contributed by atoms with E-state index in [0.717, 1.165) is 60.6 Å². The third-order valence-electron chi connectivity index (χ3n) is 4.23. The van der Waals surface area contributed by atoms with Crippen molar-refractivity contribution >= 4 is 16.7 Å². The number of pyridine rings is 1. The van der Waals surface area contributed by atoms with Gasteiger partial charge in [-0.2, -0.15) is 5.10 Å². The first kappa shape index (κ1) is 14.0. The number of nitrogens with zero attached hydrogens (tertiary/aromatic N) is 3. The van der Waals surface area contributed by atoms with E-state index in [4.69, 9.17) is 4.98 Å². The van der Waals surface area contributed by atoms with Gasteiger partial charge in [-0.1, -0.05) is 0 Å². The zero-order valence-electron chi connectivity index (χ0n) is 12.8. The number of nitrogens with one attached hydrogen (secondary N) is 2. The van der Waals surface area contributed by atoms with Gasteiger partial charge in [-0.25, -0.2) is 4.98 Å². The number of hydrogen-bond donors (Lipinski definition) is 3. The van der Waals surface area contributed by atoms with E-state index in [1.165, 1.54) is 0 Å². The third kappa shape index (κ3) is 2.73. The van der Waals surface area contributed by atoms with Gasteiger partial charge in [-0.15, -0.1) is 0 Å². The van der Waals surface area contributed by atoms with E-state index in [1.54, 1.807) is 12.1 Å². The molecule has 4 rings (SSSR count). The van der Waals surface area contributed by atoms with Crippen LogP contribution in [-0.2, 0) is 0 Å². The second-order valence-corrected chi connectivity index (χ2v) is 5.80. The standard InChI is InChI=1S/C17H19N5O/c23-14-4-2-12(3-5-14)16-15(22-8-1-6-18-7-9-22)10-13-11-19-21-17(13)20-16/h2-5,10-11,18,23H,1,6-9H2,(H,19,20,21). The van der Waals surface area contributed by atoms with E-state index in [9.17, 15) is 5.11 Å². The lowest BCUT2D eigenvalue weighted by molar-refractivity contribution is 0.475. The number of anilines is 1.